The topological polar surface area (TPSA) is 59.3 Å². The van der Waals surface area contributed by atoms with Gasteiger partial charge in [-0.05, 0) is 17.7 Å². The fourth-order valence-corrected chi connectivity index (χ4v) is 1.91. The summed E-state index contributed by atoms with van der Waals surface area (Å²) >= 11 is 0. The van der Waals surface area contributed by atoms with E-state index in [0.29, 0.717) is 11.1 Å². The zero-order valence-electron chi connectivity index (χ0n) is 7.74. The van der Waals surface area contributed by atoms with Gasteiger partial charge in [-0.15, -0.1) is 0 Å². The van der Waals surface area contributed by atoms with E-state index in [2.05, 4.69) is 5.32 Å². The highest BCUT2D eigenvalue weighted by atomic mass is 16.3. The van der Waals surface area contributed by atoms with Gasteiger partial charge >= 0.3 is 0 Å². The van der Waals surface area contributed by atoms with Crippen LogP contribution < -0.4 is 5.32 Å². The summed E-state index contributed by atoms with van der Waals surface area (Å²) in [5.74, 6) is -0.594. The Balaban J connectivity index is 2.37. The van der Waals surface area contributed by atoms with Crippen molar-refractivity contribution in [3.05, 3.63) is 35.6 Å². The van der Waals surface area contributed by atoms with Crippen LogP contribution in [0.5, 0.6) is 0 Å². The molecule has 0 aliphatic carbocycles. The van der Waals surface area contributed by atoms with Gasteiger partial charge in [-0.25, -0.2) is 0 Å². The zero-order chi connectivity index (χ0) is 10.4. The van der Waals surface area contributed by atoms with E-state index in [0.717, 1.165) is 10.9 Å². The predicted octanol–water partition coefficient (Wildman–Crippen LogP) is 1.25. The van der Waals surface area contributed by atoms with Crippen LogP contribution in [-0.2, 0) is 11.2 Å². The Kier molecular flexibility index (Phi) is 1.48. The number of fused-ring (bicyclic) bond motifs is 3. The van der Waals surface area contributed by atoms with Gasteiger partial charge in [0.25, 0.3) is 5.91 Å². The highest BCUT2D eigenvalue weighted by Gasteiger charge is 2.24. The van der Waals surface area contributed by atoms with E-state index in [1.165, 1.54) is 6.26 Å². The molecule has 1 aromatic heterocycles. The first kappa shape index (κ1) is 8.23. The lowest BCUT2D eigenvalue weighted by atomic mass is 9.97. The van der Waals surface area contributed by atoms with E-state index in [1.54, 1.807) is 18.2 Å². The molecule has 15 heavy (non-hydrogen) atoms. The van der Waals surface area contributed by atoms with Gasteiger partial charge in [0.15, 0.2) is 0 Å². The first-order valence-corrected chi connectivity index (χ1v) is 4.59. The smallest absolute Gasteiger partial charge is 0.258 e. The van der Waals surface area contributed by atoms with Gasteiger partial charge in [-0.1, -0.05) is 6.07 Å². The first-order chi connectivity index (χ1) is 7.25. The number of imide groups is 1. The molecule has 2 amide bonds. The van der Waals surface area contributed by atoms with Crippen molar-refractivity contribution in [3.8, 4) is 0 Å². The van der Waals surface area contributed by atoms with E-state index in [-0.39, 0.29) is 18.2 Å². The Hall–Kier alpha value is -2.10. The highest BCUT2D eigenvalue weighted by molar-refractivity contribution is 6.16. The zero-order valence-corrected chi connectivity index (χ0v) is 7.74. The van der Waals surface area contributed by atoms with E-state index >= 15 is 0 Å². The van der Waals surface area contributed by atoms with Gasteiger partial charge in [-0.3, -0.25) is 14.9 Å². The molecule has 0 spiro atoms. The number of carbonyl (C=O) groups excluding carboxylic acids is 2. The molecule has 74 valence electrons. The largest absolute Gasteiger partial charge is 0.464 e. The van der Waals surface area contributed by atoms with E-state index in [4.69, 9.17) is 4.42 Å². The van der Waals surface area contributed by atoms with Crippen LogP contribution in [0.3, 0.4) is 0 Å². The van der Waals surface area contributed by atoms with Gasteiger partial charge < -0.3 is 4.42 Å². The molecule has 0 unspecified atom stereocenters. The number of nitrogens with one attached hydrogen (secondary N) is 1. The summed E-state index contributed by atoms with van der Waals surface area (Å²) in [6.45, 7) is 0. The van der Waals surface area contributed by atoms with Crippen LogP contribution in [0.1, 0.15) is 15.9 Å². The lowest BCUT2D eigenvalue weighted by Gasteiger charge is -2.15. The third kappa shape index (κ3) is 1.08. The molecule has 4 nitrogen and oxygen atoms in total. The number of rotatable bonds is 0. The normalized spacial score (nSPS) is 15.2. The molecule has 1 N–H and O–H groups in total. The molecule has 4 heteroatoms. The molecule has 1 aliphatic rings. The van der Waals surface area contributed by atoms with Crippen molar-refractivity contribution < 1.29 is 14.0 Å². The Bertz CT molecular complexity index is 583. The maximum Gasteiger partial charge on any atom is 0.258 e. The lowest BCUT2D eigenvalue weighted by Crippen LogP contribution is -2.37. The summed E-state index contributed by atoms with van der Waals surface area (Å²) in [5.41, 5.74) is 1.98. The van der Waals surface area contributed by atoms with Crippen LogP contribution in [0.15, 0.2) is 28.9 Å². The summed E-state index contributed by atoms with van der Waals surface area (Å²) in [6.07, 6.45) is 1.79. The SMILES string of the molecule is O=C1Cc2ccc3occc3c2C(=O)N1. The van der Waals surface area contributed by atoms with Crippen molar-refractivity contribution in [3.63, 3.8) is 0 Å². The van der Waals surface area contributed by atoms with Gasteiger partial charge in [0.1, 0.15) is 5.58 Å². The molecule has 0 saturated carbocycles. The van der Waals surface area contributed by atoms with Crippen LogP contribution in [-0.4, -0.2) is 11.8 Å². The Morgan fingerprint density at radius 2 is 2.07 bits per heavy atom. The van der Waals surface area contributed by atoms with E-state index < -0.39 is 0 Å². The average Bonchev–Trinajstić information content (AvgIpc) is 2.63. The van der Waals surface area contributed by atoms with Gasteiger partial charge in [0, 0.05) is 5.39 Å². The average molecular weight is 201 g/mol. The van der Waals surface area contributed by atoms with Crippen molar-refractivity contribution >= 4 is 22.8 Å². The third-order valence-electron chi connectivity index (χ3n) is 2.55. The molecule has 3 rings (SSSR count). The van der Waals surface area contributed by atoms with Crippen molar-refractivity contribution in [2.75, 3.05) is 0 Å². The minimum absolute atomic E-state index is 0.252. The molecule has 0 fully saturated rings. The number of hydrogen-bond donors (Lipinski definition) is 1. The van der Waals surface area contributed by atoms with Crippen LogP contribution in [0.2, 0.25) is 0 Å². The summed E-state index contributed by atoms with van der Waals surface area (Å²) in [6, 6.07) is 5.28. The third-order valence-corrected chi connectivity index (χ3v) is 2.55. The maximum absolute atomic E-state index is 11.6. The molecular weight excluding hydrogens is 194 g/mol. The fourth-order valence-electron chi connectivity index (χ4n) is 1.91. The Labute approximate surface area is 84.9 Å². The van der Waals surface area contributed by atoms with Crippen LogP contribution in [0.4, 0.5) is 0 Å². The molecule has 1 aromatic carbocycles. The summed E-state index contributed by atoms with van der Waals surface area (Å²) in [5, 5.41) is 3.06. The predicted molar refractivity (Wildman–Crippen MR) is 52.4 cm³/mol. The second-order valence-corrected chi connectivity index (χ2v) is 3.49. The number of carbonyl (C=O) groups is 2. The van der Waals surface area contributed by atoms with Crippen LogP contribution >= 0.6 is 0 Å². The van der Waals surface area contributed by atoms with Crippen molar-refractivity contribution in [1.29, 1.82) is 0 Å². The van der Waals surface area contributed by atoms with Gasteiger partial charge in [0.2, 0.25) is 5.91 Å². The Morgan fingerprint density at radius 3 is 2.93 bits per heavy atom. The molecule has 1 aliphatic heterocycles. The summed E-state index contributed by atoms with van der Waals surface area (Å²) in [4.78, 5) is 22.8. The summed E-state index contributed by atoms with van der Waals surface area (Å²) in [7, 11) is 0. The van der Waals surface area contributed by atoms with Crippen molar-refractivity contribution in [2.24, 2.45) is 0 Å². The highest BCUT2D eigenvalue weighted by Crippen LogP contribution is 2.25. The minimum Gasteiger partial charge on any atom is -0.464 e. The monoisotopic (exact) mass is 201 g/mol. The molecule has 2 aromatic rings. The number of benzene rings is 1. The van der Waals surface area contributed by atoms with Crippen molar-refractivity contribution in [1.82, 2.24) is 5.32 Å². The van der Waals surface area contributed by atoms with E-state index in [9.17, 15) is 9.59 Å². The molecule has 2 heterocycles. The van der Waals surface area contributed by atoms with Crippen LogP contribution in [0, 0.1) is 0 Å². The molecular formula is C11H7NO3. The minimum atomic E-state index is -0.340. The standard InChI is InChI=1S/C11H7NO3/c13-9-5-6-1-2-8-7(3-4-15-8)10(6)11(14)12-9/h1-4H,5H2,(H,12,13,14). The number of hydrogen-bond acceptors (Lipinski definition) is 3. The molecule has 0 bridgehead atoms. The number of amides is 2. The molecule has 0 radical (unpaired) electrons. The molecule has 0 atom stereocenters. The number of furan rings is 1. The maximum atomic E-state index is 11.6. The molecule has 0 saturated heterocycles. The van der Waals surface area contributed by atoms with Gasteiger partial charge in [0.05, 0.1) is 18.2 Å². The second-order valence-electron chi connectivity index (χ2n) is 3.49. The van der Waals surface area contributed by atoms with Gasteiger partial charge in [-0.2, -0.15) is 0 Å². The first-order valence-electron chi connectivity index (χ1n) is 4.59. The quantitative estimate of drug-likeness (QED) is 0.652. The lowest BCUT2D eigenvalue weighted by molar-refractivity contribution is -0.119. The fraction of sp³-hybridized carbons (Fsp3) is 0.0909. The van der Waals surface area contributed by atoms with E-state index in [1.807, 2.05) is 0 Å². The Morgan fingerprint density at radius 1 is 1.20 bits per heavy atom. The summed E-state index contributed by atoms with van der Waals surface area (Å²) < 4.78 is 5.19. The van der Waals surface area contributed by atoms with Crippen LogP contribution in [0.25, 0.3) is 11.0 Å². The van der Waals surface area contributed by atoms with Crippen molar-refractivity contribution in [2.45, 2.75) is 6.42 Å². The second kappa shape index (κ2) is 2.70.